The van der Waals surface area contributed by atoms with Crippen LogP contribution in [-0.2, 0) is 0 Å². The van der Waals surface area contributed by atoms with Gasteiger partial charge in [0.25, 0.3) is 0 Å². The zero-order valence-electron chi connectivity index (χ0n) is 15.5. The van der Waals surface area contributed by atoms with Crippen LogP contribution < -0.4 is 4.90 Å². The first-order chi connectivity index (χ1) is 12.2. The lowest BCUT2D eigenvalue weighted by atomic mass is 10.2. The van der Waals surface area contributed by atoms with Gasteiger partial charge >= 0.3 is 0 Å². The number of rotatable bonds is 3. The summed E-state index contributed by atoms with van der Waals surface area (Å²) in [6.07, 6.45) is 9.89. The van der Waals surface area contributed by atoms with Crippen LogP contribution in [0.1, 0.15) is 55.8 Å². The van der Waals surface area contributed by atoms with Crippen molar-refractivity contribution in [2.75, 3.05) is 31.1 Å². The van der Waals surface area contributed by atoms with Crippen LogP contribution in [0.3, 0.4) is 0 Å². The fraction of sp³-hybridized carbons (Fsp3) is 0.700. The molecule has 0 amide bonds. The topological polar surface area (TPSA) is 37.2 Å². The molecule has 0 atom stereocenters. The fourth-order valence-electron chi connectivity index (χ4n) is 4.99. The summed E-state index contributed by atoms with van der Waals surface area (Å²) in [7, 11) is 0. The molecule has 25 heavy (non-hydrogen) atoms. The van der Waals surface area contributed by atoms with E-state index in [4.69, 9.17) is 9.97 Å². The number of aromatic nitrogens is 3. The number of hydrogen-bond acceptors (Lipinski definition) is 4. The van der Waals surface area contributed by atoms with E-state index in [-0.39, 0.29) is 0 Å². The second kappa shape index (κ2) is 5.97. The number of aryl methyl sites for hydroxylation is 1. The molecule has 1 aliphatic heterocycles. The Balaban J connectivity index is 1.52. The zero-order chi connectivity index (χ0) is 17.0. The van der Waals surface area contributed by atoms with E-state index in [0.29, 0.717) is 6.04 Å². The van der Waals surface area contributed by atoms with E-state index in [1.54, 1.807) is 6.33 Å². The Bertz CT molecular complexity index is 777. The fourth-order valence-corrected chi connectivity index (χ4v) is 4.99. The van der Waals surface area contributed by atoms with Gasteiger partial charge in [0.2, 0.25) is 0 Å². The number of fused-ring (bicyclic) bond motifs is 1. The summed E-state index contributed by atoms with van der Waals surface area (Å²) in [6, 6.07) is 1.51. The predicted octanol–water partition coefficient (Wildman–Crippen LogP) is 3.45. The zero-order valence-corrected chi connectivity index (χ0v) is 15.5. The van der Waals surface area contributed by atoms with E-state index < -0.39 is 0 Å². The van der Waals surface area contributed by atoms with Gasteiger partial charge in [0, 0.05) is 44.0 Å². The van der Waals surface area contributed by atoms with Crippen LogP contribution in [0.4, 0.5) is 5.82 Å². The van der Waals surface area contributed by atoms with Gasteiger partial charge in [-0.1, -0.05) is 12.8 Å². The van der Waals surface area contributed by atoms with Gasteiger partial charge in [0.15, 0.2) is 0 Å². The van der Waals surface area contributed by atoms with Crippen LogP contribution in [0.2, 0.25) is 0 Å². The molecule has 5 nitrogen and oxygen atoms in total. The molecule has 5 rings (SSSR count). The first kappa shape index (κ1) is 15.6. The van der Waals surface area contributed by atoms with Gasteiger partial charge in [0.05, 0.1) is 5.39 Å². The summed E-state index contributed by atoms with van der Waals surface area (Å²) >= 11 is 0. The van der Waals surface area contributed by atoms with Crippen LogP contribution in [-0.4, -0.2) is 51.7 Å². The van der Waals surface area contributed by atoms with Crippen molar-refractivity contribution >= 4 is 16.9 Å². The van der Waals surface area contributed by atoms with Gasteiger partial charge in [-0.15, -0.1) is 0 Å². The Morgan fingerprint density at radius 3 is 2.28 bits per heavy atom. The van der Waals surface area contributed by atoms with Gasteiger partial charge in [-0.2, -0.15) is 0 Å². The first-order valence-electron chi connectivity index (χ1n) is 10.0. The molecule has 3 heterocycles. The third kappa shape index (κ3) is 2.55. The van der Waals surface area contributed by atoms with E-state index in [0.717, 1.165) is 30.6 Å². The standard InChI is InChI=1S/C20H29N5/c1-14-15(2)25(17-5-3-4-6-17)20-18(14)19(21-13-22-20)24-11-9-23(10-12-24)16-7-8-16/h13,16-17H,3-12H2,1-2H3. The molecule has 3 fully saturated rings. The Kier molecular flexibility index (Phi) is 3.73. The predicted molar refractivity (Wildman–Crippen MR) is 101 cm³/mol. The highest BCUT2D eigenvalue weighted by atomic mass is 15.3. The number of piperazine rings is 1. The Morgan fingerprint density at radius 2 is 1.60 bits per heavy atom. The van der Waals surface area contributed by atoms with Crippen molar-refractivity contribution in [3.8, 4) is 0 Å². The van der Waals surface area contributed by atoms with E-state index in [1.807, 2.05) is 0 Å². The van der Waals surface area contributed by atoms with Gasteiger partial charge in [0.1, 0.15) is 17.8 Å². The minimum atomic E-state index is 0.630. The van der Waals surface area contributed by atoms with Crippen LogP contribution in [0.5, 0.6) is 0 Å². The molecule has 2 aliphatic carbocycles. The minimum absolute atomic E-state index is 0.630. The molecule has 134 valence electrons. The maximum Gasteiger partial charge on any atom is 0.146 e. The van der Waals surface area contributed by atoms with Crippen molar-refractivity contribution in [1.82, 2.24) is 19.4 Å². The summed E-state index contributed by atoms with van der Waals surface area (Å²) < 4.78 is 2.52. The van der Waals surface area contributed by atoms with Crippen molar-refractivity contribution in [3.63, 3.8) is 0 Å². The lowest BCUT2D eigenvalue weighted by Gasteiger charge is -2.35. The monoisotopic (exact) mass is 339 g/mol. The van der Waals surface area contributed by atoms with Crippen LogP contribution in [0.25, 0.3) is 11.0 Å². The molecule has 0 bridgehead atoms. The third-order valence-corrected chi connectivity index (χ3v) is 6.68. The molecule has 0 spiro atoms. The van der Waals surface area contributed by atoms with Crippen molar-refractivity contribution in [2.45, 2.75) is 64.5 Å². The largest absolute Gasteiger partial charge is 0.353 e. The van der Waals surface area contributed by atoms with Crippen LogP contribution in [0.15, 0.2) is 6.33 Å². The molecule has 1 saturated heterocycles. The molecule has 0 N–H and O–H groups in total. The summed E-state index contributed by atoms with van der Waals surface area (Å²) in [4.78, 5) is 14.6. The first-order valence-corrected chi connectivity index (χ1v) is 10.0. The van der Waals surface area contributed by atoms with E-state index >= 15 is 0 Å². The van der Waals surface area contributed by atoms with E-state index in [9.17, 15) is 0 Å². The highest BCUT2D eigenvalue weighted by molar-refractivity contribution is 5.92. The SMILES string of the molecule is Cc1c(C)n(C2CCCC2)c2ncnc(N3CCN(C4CC4)CC3)c12. The van der Waals surface area contributed by atoms with Gasteiger partial charge in [-0.25, -0.2) is 9.97 Å². The second-order valence-electron chi connectivity index (χ2n) is 8.17. The Hall–Kier alpha value is -1.62. The molecule has 2 saturated carbocycles. The van der Waals surface area contributed by atoms with Crippen LogP contribution in [0, 0.1) is 13.8 Å². The van der Waals surface area contributed by atoms with Crippen LogP contribution >= 0.6 is 0 Å². The molecule has 2 aromatic heterocycles. The summed E-state index contributed by atoms with van der Waals surface area (Å²) in [6.45, 7) is 9.07. The van der Waals surface area contributed by atoms with Gasteiger partial charge in [-0.05, 0) is 45.1 Å². The second-order valence-corrected chi connectivity index (χ2v) is 8.17. The highest BCUT2D eigenvalue weighted by Gasteiger charge is 2.32. The Labute approximate surface area is 150 Å². The normalized spacial score (nSPS) is 23.0. The number of anilines is 1. The Morgan fingerprint density at radius 1 is 0.880 bits per heavy atom. The summed E-state index contributed by atoms with van der Waals surface area (Å²) in [5, 5.41) is 1.30. The summed E-state index contributed by atoms with van der Waals surface area (Å²) in [5.74, 6) is 1.16. The molecule has 0 unspecified atom stereocenters. The molecule has 5 heteroatoms. The average Bonchev–Trinajstić information content (AvgIpc) is 3.30. The summed E-state index contributed by atoms with van der Waals surface area (Å²) in [5.41, 5.74) is 3.93. The molecule has 3 aliphatic rings. The molecule has 0 aromatic carbocycles. The number of hydrogen-bond donors (Lipinski definition) is 0. The van der Waals surface area contributed by atoms with Crippen molar-refractivity contribution in [1.29, 1.82) is 0 Å². The molecule has 2 aromatic rings. The average molecular weight is 339 g/mol. The maximum absolute atomic E-state index is 4.74. The lowest BCUT2D eigenvalue weighted by Crippen LogP contribution is -2.47. The minimum Gasteiger partial charge on any atom is -0.353 e. The molecule has 0 radical (unpaired) electrons. The number of nitrogens with zero attached hydrogens (tertiary/aromatic N) is 5. The maximum atomic E-state index is 4.74. The van der Waals surface area contributed by atoms with Gasteiger partial charge in [-0.3, -0.25) is 4.90 Å². The molecular weight excluding hydrogens is 310 g/mol. The quantitative estimate of drug-likeness (QED) is 0.858. The van der Waals surface area contributed by atoms with Crippen molar-refractivity contribution in [2.24, 2.45) is 0 Å². The lowest BCUT2D eigenvalue weighted by molar-refractivity contribution is 0.248. The highest BCUT2D eigenvalue weighted by Crippen LogP contribution is 2.38. The third-order valence-electron chi connectivity index (χ3n) is 6.68. The van der Waals surface area contributed by atoms with Crippen molar-refractivity contribution < 1.29 is 0 Å². The van der Waals surface area contributed by atoms with Gasteiger partial charge < -0.3 is 9.47 Å². The van der Waals surface area contributed by atoms with Crippen molar-refractivity contribution in [3.05, 3.63) is 17.6 Å². The van der Waals surface area contributed by atoms with E-state index in [2.05, 4.69) is 28.2 Å². The molecular formula is C20H29N5. The smallest absolute Gasteiger partial charge is 0.146 e. The van der Waals surface area contributed by atoms with E-state index in [1.165, 1.54) is 68.3 Å².